The smallest absolute Gasteiger partial charge is 0.140 e. The fourth-order valence-corrected chi connectivity index (χ4v) is 1.77. The summed E-state index contributed by atoms with van der Waals surface area (Å²) in [5.74, 6) is 0.867. The second-order valence-corrected chi connectivity index (χ2v) is 4.65. The van der Waals surface area contributed by atoms with Crippen molar-refractivity contribution in [1.82, 2.24) is 9.38 Å². The lowest BCUT2D eigenvalue weighted by Crippen LogP contribution is -2.44. The molecule has 0 aliphatic carbocycles. The van der Waals surface area contributed by atoms with Gasteiger partial charge >= 0.3 is 0 Å². The minimum Gasteiger partial charge on any atom is -0.493 e. The van der Waals surface area contributed by atoms with E-state index < -0.39 is 0 Å². The van der Waals surface area contributed by atoms with Crippen molar-refractivity contribution in [2.24, 2.45) is 5.41 Å². The molecule has 0 radical (unpaired) electrons. The average molecular weight is 218 g/mol. The first-order valence-electron chi connectivity index (χ1n) is 5.39. The zero-order chi connectivity index (χ0) is 11.0. The number of hydrogen-bond acceptors (Lipinski definition) is 3. The summed E-state index contributed by atoms with van der Waals surface area (Å²) in [6.07, 6.45) is 5.65. The Labute approximate surface area is 93.8 Å². The lowest BCUT2D eigenvalue weighted by molar-refractivity contribution is -0.120. The molecule has 4 heteroatoms. The van der Waals surface area contributed by atoms with Crippen LogP contribution in [0.25, 0.3) is 5.65 Å². The van der Waals surface area contributed by atoms with Gasteiger partial charge in [0.25, 0.3) is 0 Å². The molecule has 0 amide bonds. The van der Waals surface area contributed by atoms with Gasteiger partial charge in [0.2, 0.25) is 0 Å². The molecular formula is C12H14N2O2. The number of hydrogen-bond donors (Lipinski definition) is 0. The van der Waals surface area contributed by atoms with E-state index in [1.807, 2.05) is 28.9 Å². The van der Waals surface area contributed by atoms with Crippen molar-refractivity contribution in [3.63, 3.8) is 0 Å². The highest BCUT2D eigenvalue weighted by molar-refractivity contribution is 5.44. The van der Waals surface area contributed by atoms with E-state index in [0.29, 0.717) is 6.61 Å². The van der Waals surface area contributed by atoms with Gasteiger partial charge in [-0.3, -0.25) is 0 Å². The quantitative estimate of drug-likeness (QED) is 0.787. The van der Waals surface area contributed by atoms with Gasteiger partial charge in [-0.2, -0.15) is 0 Å². The third-order valence-electron chi connectivity index (χ3n) is 2.86. The fraction of sp³-hybridized carbons (Fsp3) is 0.417. The monoisotopic (exact) mass is 218 g/mol. The highest BCUT2D eigenvalue weighted by Crippen LogP contribution is 2.27. The summed E-state index contributed by atoms with van der Waals surface area (Å²) in [5, 5.41) is 0. The van der Waals surface area contributed by atoms with Gasteiger partial charge in [-0.1, -0.05) is 6.92 Å². The van der Waals surface area contributed by atoms with E-state index in [1.54, 1.807) is 6.20 Å². The molecule has 2 aromatic rings. The van der Waals surface area contributed by atoms with Crippen molar-refractivity contribution in [2.45, 2.75) is 6.92 Å². The average Bonchev–Trinajstić information content (AvgIpc) is 2.70. The number of pyridine rings is 1. The van der Waals surface area contributed by atoms with Crippen LogP contribution in [-0.4, -0.2) is 29.2 Å². The second-order valence-electron chi connectivity index (χ2n) is 4.65. The van der Waals surface area contributed by atoms with E-state index in [2.05, 4.69) is 11.9 Å². The number of rotatable bonds is 3. The molecule has 3 rings (SSSR count). The molecule has 0 saturated carbocycles. The number of imidazole rings is 1. The number of aromatic nitrogens is 2. The number of fused-ring (bicyclic) bond motifs is 1. The molecule has 1 aliphatic heterocycles. The highest BCUT2D eigenvalue weighted by Gasteiger charge is 2.34. The normalized spacial score (nSPS) is 18.3. The standard InChI is InChI=1S/C12H14N2O2/c1-12(7-15-8-12)9-16-10-2-4-14-5-3-13-11(14)6-10/h2-6H,7-9H2,1H3. The van der Waals surface area contributed by atoms with Crippen molar-refractivity contribution < 1.29 is 9.47 Å². The fourth-order valence-electron chi connectivity index (χ4n) is 1.77. The molecule has 84 valence electrons. The topological polar surface area (TPSA) is 35.8 Å². The van der Waals surface area contributed by atoms with Crippen molar-refractivity contribution in [2.75, 3.05) is 19.8 Å². The van der Waals surface area contributed by atoms with Crippen LogP contribution in [0.5, 0.6) is 5.75 Å². The van der Waals surface area contributed by atoms with Crippen LogP contribution in [0.3, 0.4) is 0 Å². The van der Waals surface area contributed by atoms with Gasteiger partial charge in [0.05, 0.1) is 19.8 Å². The van der Waals surface area contributed by atoms with Gasteiger partial charge in [-0.25, -0.2) is 4.98 Å². The Balaban J connectivity index is 1.73. The first-order valence-corrected chi connectivity index (χ1v) is 5.39. The van der Waals surface area contributed by atoms with Crippen LogP contribution in [0.2, 0.25) is 0 Å². The van der Waals surface area contributed by atoms with Crippen molar-refractivity contribution in [1.29, 1.82) is 0 Å². The Morgan fingerprint density at radius 1 is 1.50 bits per heavy atom. The van der Waals surface area contributed by atoms with Crippen molar-refractivity contribution in [3.05, 3.63) is 30.7 Å². The molecule has 0 unspecified atom stereocenters. The molecule has 4 nitrogen and oxygen atoms in total. The molecule has 3 heterocycles. The Morgan fingerprint density at radius 2 is 2.38 bits per heavy atom. The molecule has 0 aromatic carbocycles. The van der Waals surface area contributed by atoms with Crippen LogP contribution < -0.4 is 4.74 Å². The van der Waals surface area contributed by atoms with E-state index in [-0.39, 0.29) is 5.41 Å². The third-order valence-corrected chi connectivity index (χ3v) is 2.86. The van der Waals surface area contributed by atoms with Crippen LogP contribution in [-0.2, 0) is 4.74 Å². The Hall–Kier alpha value is -1.55. The van der Waals surface area contributed by atoms with Gasteiger partial charge in [0, 0.05) is 30.1 Å². The molecule has 1 fully saturated rings. The van der Waals surface area contributed by atoms with Gasteiger partial charge < -0.3 is 13.9 Å². The van der Waals surface area contributed by atoms with E-state index >= 15 is 0 Å². The molecule has 0 bridgehead atoms. The lowest BCUT2D eigenvalue weighted by Gasteiger charge is -2.37. The van der Waals surface area contributed by atoms with Gasteiger partial charge in [0.1, 0.15) is 11.4 Å². The van der Waals surface area contributed by atoms with Crippen LogP contribution >= 0.6 is 0 Å². The van der Waals surface area contributed by atoms with Gasteiger partial charge in [0.15, 0.2) is 0 Å². The third kappa shape index (κ3) is 1.65. The summed E-state index contributed by atoms with van der Waals surface area (Å²) in [7, 11) is 0. The number of nitrogens with zero attached hydrogens (tertiary/aromatic N) is 2. The summed E-state index contributed by atoms with van der Waals surface area (Å²) in [6.45, 7) is 4.45. The first kappa shape index (κ1) is 9.66. The minimum absolute atomic E-state index is 0.182. The molecule has 0 atom stereocenters. The van der Waals surface area contributed by atoms with Crippen molar-refractivity contribution in [3.8, 4) is 5.75 Å². The van der Waals surface area contributed by atoms with Crippen LogP contribution in [0.4, 0.5) is 0 Å². The predicted molar refractivity (Wildman–Crippen MR) is 59.6 cm³/mol. The maximum absolute atomic E-state index is 5.76. The van der Waals surface area contributed by atoms with Crippen LogP contribution in [0, 0.1) is 5.41 Å². The van der Waals surface area contributed by atoms with E-state index in [1.165, 1.54) is 0 Å². The molecule has 1 saturated heterocycles. The van der Waals surface area contributed by atoms with Gasteiger partial charge in [-0.05, 0) is 6.07 Å². The summed E-state index contributed by atoms with van der Waals surface area (Å²) in [6, 6.07) is 3.90. The summed E-state index contributed by atoms with van der Waals surface area (Å²) < 4.78 is 12.9. The van der Waals surface area contributed by atoms with Gasteiger partial charge in [-0.15, -0.1) is 0 Å². The van der Waals surface area contributed by atoms with E-state index in [0.717, 1.165) is 24.6 Å². The molecule has 0 spiro atoms. The van der Waals surface area contributed by atoms with E-state index in [4.69, 9.17) is 9.47 Å². The Morgan fingerprint density at radius 3 is 3.12 bits per heavy atom. The maximum Gasteiger partial charge on any atom is 0.140 e. The van der Waals surface area contributed by atoms with Crippen molar-refractivity contribution >= 4 is 5.65 Å². The lowest BCUT2D eigenvalue weighted by atomic mass is 9.90. The zero-order valence-corrected chi connectivity index (χ0v) is 9.22. The first-order chi connectivity index (χ1) is 7.75. The predicted octanol–water partition coefficient (Wildman–Crippen LogP) is 1.75. The summed E-state index contributed by atoms with van der Waals surface area (Å²) in [4.78, 5) is 4.22. The largest absolute Gasteiger partial charge is 0.493 e. The summed E-state index contributed by atoms with van der Waals surface area (Å²) >= 11 is 0. The zero-order valence-electron chi connectivity index (χ0n) is 9.22. The second kappa shape index (κ2) is 3.49. The Bertz CT molecular complexity index is 502. The SMILES string of the molecule is CC1(COc2ccn3ccnc3c2)COC1. The number of ether oxygens (including phenoxy) is 2. The Kier molecular flexibility index (Phi) is 2.11. The minimum atomic E-state index is 0.182. The van der Waals surface area contributed by atoms with Crippen LogP contribution in [0.15, 0.2) is 30.7 Å². The highest BCUT2D eigenvalue weighted by atomic mass is 16.5. The molecule has 16 heavy (non-hydrogen) atoms. The molecular weight excluding hydrogens is 204 g/mol. The molecule has 0 N–H and O–H groups in total. The summed E-state index contributed by atoms with van der Waals surface area (Å²) in [5.41, 5.74) is 1.09. The molecule has 2 aromatic heterocycles. The van der Waals surface area contributed by atoms with E-state index in [9.17, 15) is 0 Å². The maximum atomic E-state index is 5.76. The van der Waals surface area contributed by atoms with Crippen LogP contribution in [0.1, 0.15) is 6.92 Å². The molecule has 1 aliphatic rings.